The molecule has 0 spiro atoms. The predicted octanol–water partition coefficient (Wildman–Crippen LogP) is 0.272. The maximum Gasteiger partial charge on any atom is 0.327 e. The smallest absolute Gasteiger partial charge is 0.327 e. The number of morpholine rings is 2. The molecule has 2 aromatic heterocycles. The molecule has 0 radical (unpaired) electrons. The third kappa shape index (κ3) is 5.78. The minimum atomic E-state index is -0.198. The SMILES string of the molecule is O=C(Nc1cccnc1)N1c2nc(N3CCOCC3CO)ccc2N2CCC1C2.OCC1COCCN1. The molecule has 0 aliphatic carbocycles. The van der Waals surface area contributed by atoms with E-state index >= 15 is 0 Å². The van der Waals surface area contributed by atoms with Crippen molar-refractivity contribution in [3.05, 3.63) is 36.7 Å². The van der Waals surface area contributed by atoms with Crippen LogP contribution in [0.15, 0.2) is 36.7 Å². The van der Waals surface area contributed by atoms with Gasteiger partial charge in [0.1, 0.15) is 5.82 Å². The standard InChI is InChI=1S/C20H24N6O3.C5H11NO2/c27-12-16-13-29-9-8-25(16)18-4-3-17-19(23-18)26(15-5-7-24(17)11-15)20(28)22-14-2-1-6-21-10-14;7-3-5-4-8-2-1-6-5/h1-4,6,10,15-16,27H,5,7-9,11-13H2,(H,22,28);5-7H,1-4H2. The van der Waals surface area contributed by atoms with Gasteiger partial charge in [-0.15, -0.1) is 0 Å². The Balaban J connectivity index is 0.000000301. The third-order valence-corrected chi connectivity index (χ3v) is 7.02. The molecular formula is C25H35N7O5. The Morgan fingerprint density at radius 2 is 2.03 bits per heavy atom. The Morgan fingerprint density at radius 1 is 1.14 bits per heavy atom. The minimum Gasteiger partial charge on any atom is -0.395 e. The second-order valence-electron chi connectivity index (χ2n) is 9.46. The van der Waals surface area contributed by atoms with Crippen LogP contribution in [0.1, 0.15) is 6.42 Å². The first-order chi connectivity index (χ1) is 18.2. The summed E-state index contributed by atoms with van der Waals surface area (Å²) in [5.41, 5.74) is 1.63. The number of nitrogens with one attached hydrogen (secondary N) is 2. The number of nitrogens with zero attached hydrogens (tertiary/aromatic N) is 5. The van der Waals surface area contributed by atoms with Crippen LogP contribution in [0.3, 0.4) is 0 Å². The van der Waals surface area contributed by atoms with Gasteiger partial charge < -0.3 is 40.1 Å². The molecule has 3 fully saturated rings. The molecule has 6 heterocycles. The summed E-state index contributed by atoms with van der Waals surface area (Å²) in [6, 6.07) is 7.55. The van der Waals surface area contributed by atoms with Crippen molar-refractivity contribution in [2.75, 3.05) is 85.8 Å². The third-order valence-electron chi connectivity index (χ3n) is 7.02. The molecule has 6 rings (SSSR count). The highest BCUT2D eigenvalue weighted by atomic mass is 16.5. The van der Waals surface area contributed by atoms with Crippen LogP contribution in [0.5, 0.6) is 0 Å². The number of carbonyl (C=O) groups excluding carboxylic acids is 1. The first kappa shape index (κ1) is 25.6. The van der Waals surface area contributed by atoms with Crippen molar-refractivity contribution in [2.45, 2.75) is 24.5 Å². The van der Waals surface area contributed by atoms with E-state index in [-0.39, 0.29) is 37.4 Å². The van der Waals surface area contributed by atoms with Crippen molar-refractivity contribution < 1.29 is 24.5 Å². The topological polar surface area (TPSA) is 136 Å². The summed E-state index contributed by atoms with van der Waals surface area (Å²) in [5, 5.41) is 24.3. The Bertz CT molecular complexity index is 1040. The Hall–Kier alpha value is -3.03. The van der Waals surface area contributed by atoms with Crippen LogP contribution >= 0.6 is 0 Å². The molecule has 2 amide bonds. The molecule has 3 unspecified atom stereocenters. The van der Waals surface area contributed by atoms with E-state index in [0.717, 1.165) is 44.2 Å². The van der Waals surface area contributed by atoms with Crippen LogP contribution in [-0.2, 0) is 9.47 Å². The van der Waals surface area contributed by atoms with E-state index in [4.69, 9.17) is 19.6 Å². The van der Waals surface area contributed by atoms with Gasteiger partial charge in [-0.3, -0.25) is 9.88 Å². The van der Waals surface area contributed by atoms with Crippen molar-refractivity contribution in [1.82, 2.24) is 15.3 Å². The van der Waals surface area contributed by atoms with Gasteiger partial charge in [-0.1, -0.05) is 0 Å². The van der Waals surface area contributed by atoms with Crippen LogP contribution < -0.4 is 25.3 Å². The molecule has 2 aromatic rings. The number of aliphatic hydroxyl groups excluding tert-OH is 2. The lowest BCUT2D eigenvalue weighted by atomic mass is 10.1. The van der Waals surface area contributed by atoms with Gasteiger partial charge in [0.2, 0.25) is 0 Å². The average molecular weight is 514 g/mol. The summed E-state index contributed by atoms with van der Waals surface area (Å²) in [6.45, 7) is 5.91. The number of rotatable bonds is 4. The number of aromatic nitrogens is 2. The Morgan fingerprint density at radius 3 is 2.76 bits per heavy atom. The largest absolute Gasteiger partial charge is 0.395 e. The van der Waals surface area contributed by atoms with E-state index in [1.165, 1.54) is 0 Å². The Kier molecular flexibility index (Phi) is 8.31. The van der Waals surface area contributed by atoms with Crippen molar-refractivity contribution in [3.63, 3.8) is 0 Å². The summed E-state index contributed by atoms with van der Waals surface area (Å²) < 4.78 is 10.5. The van der Waals surface area contributed by atoms with E-state index < -0.39 is 0 Å². The molecule has 37 heavy (non-hydrogen) atoms. The van der Waals surface area contributed by atoms with E-state index in [1.807, 2.05) is 18.2 Å². The van der Waals surface area contributed by atoms with Crippen LogP contribution in [0.25, 0.3) is 0 Å². The molecule has 12 heteroatoms. The number of aliphatic hydroxyl groups is 2. The number of anilines is 4. The summed E-state index contributed by atoms with van der Waals surface area (Å²) in [6.07, 6.45) is 4.21. The highest BCUT2D eigenvalue weighted by molar-refractivity contribution is 6.04. The summed E-state index contributed by atoms with van der Waals surface area (Å²) >= 11 is 0. The predicted molar refractivity (Wildman–Crippen MR) is 139 cm³/mol. The zero-order valence-corrected chi connectivity index (χ0v) is 20.8. The molecule has 12 nitrogen and oxygen atoms in total. The summed E-state index contributed by atoms with van der Waals surface area (Å²) in [7, 11) is 0. The number of ether oxygens (including phenoxy) is 2. The molecule has 0 aromatic carbocycles. The van der Waals surface area contributed by atoms with Crippen LogP contribution in [-0.4, -0.2) is 110 Å². The normalized spacial score (nSPS) is 24.7. The molecule has 3 atom stereocenters. The van der Waals surface area contributed by atoms with E-state index in [9.17, 15) is 9.90 Å². The fraction of sp³-hybridized carbons (Fsp3) is 0.560. The van der Waals surface area contributed by atoms with Gasteiger partial charge in [0, 0.05) is 32.4 Å². The van der Waals surface area contributed by atoms with Gasteiger partial charge >= 0.3 is 6.03 Å². The van der Waals surface area contributed by atoms with Crippen LogP contribution in [0, 0.1) is 0 Å². The highest BCUT2D eigenvalue weighted by Crippen LogP contribution is 2.40. The minimum absolute atomic E-state index is 0.00127. The number of urea groups is 1. The van der Waals surface area contributed by atoms with Crippen molar-refractivity contribution in [1.29, 1.82) is 0 Å². The van der Waals surface area contributed by atoms with E-state index in [2.05, 4.69) is 25.4 Å². The van der Waals surface area contributed by atoms with Crippen LogP contribution in [0.2, 0.25) is 0 Å². The lowest BCUT2D eigenvalue weighted by Gasteiger charge is -2.39. The van der Waals surface area contributed by atoms with E-state index in [1.54, 1.807) is 23.4 Å². The zero-order chi connectivity index (χ0) is 25.6. The van der Waals surface area contributed by atoms with Crippen molar-refractivity contribution in [2.24, 2.45) is 0 Å². The molecule has 4 N–H and O–H groups in total. The lowest BCUT2D eigenvalue weighted by molar-refractivity contribution is 0.0550. The fourth-order valence-corrected chi connectivity index (χ4v) is 5.09. The number of pyridine rings is 2. The quantitative estimate of drug-likeness (QED) is 0.451. The van der Waals surface area contributed by atoms with Gasteiger partial charge in [0.25, 0.3) is 0 Å². The summed E-state index contributed by atoms with van der Waals surface area (Å²) in [4.78, 5) is 28.3. The highest BCUT2D eigenvalue weighted by Gasteiger charge is 2.40. The van der Waals surface area contributed by atoms with Crippen molar-refractivity contribution >= 4 is 29.0 Å². The second-order valence-corrected chi connectivity index (χ2v) is 9.46. The van der Waals surface area contributed by atoms with Gasteiger partial charge in [-0.2, -0.15) is 0 Å². The maximum absolute atomic E-state index is 13.2. The number of hydrogen-bond donors (Lipinski definition) is 4. The second kappa shape index (κ2) is 12.0. The molecule has 3 saturated heterocycles. The number of hydrogen-bond acceptors (Lipinski definition) is 10. The molecule has 2 bridgehead atoms. The molecule has 200 valence electrons. The van der Waals surface area contributed by atoms with Gasteiger partial charge in [0.05, 0.1) is 75.3 Å². The fourth-order valence-electron chi connectivity index (χ4n) is 5.09. The van der Waals surface area contributed by atoms with E-state index in [0.29, 0.717) is 37.9 Å². The first-order valence-corrected chi connectivity index (χ1v) is 12.8. The molecular weight excluding hydrogens is 478 g/mol. The summed E-state index contributed by atoms with van der Waals surface area (Å²) in [5.74, 6) is 1.42. The lowest BCUT2D eigenvalue weighted by Crippen LogP contribution is -2.50. The van der Waals surface area contributed by atoms with Gasteiger partial charge in [0.15, 0.2) is 5.82 Å². The molecule has 0 saturated carbocycles. The monoisotopic (exact) mass is 513 g/mol. The first-order valence-electron chi connectivity index (χ1n) is 12.8. The van der Waals surface area contributed by atoms with Crippen molar-refractivity contribution in [3.8, 4) is 0 Å². The number of fused-ring (bicyclic) bond motifs is 4. The molecule has 4 aliphatic rings. The van der Waals surface area contributed by atoms with Gasteiger partial charge in [-0.25, -0.2) is 9.78 Å². The van der Waals surface area contributed by atoms with Gasteiger partial charge in [-0.05, 0) is 30.7 Å². The Labute approximate surface area is 216 Å². The van der Waals surface area contributed by atoms with Crippen LogP contribution in [0.4, 0.5) is 27.8 Å². The number of carbonyl (C=O) groups is 1. The zero-order valence-electron chi connectivity index (χ0n) is 20.8. The maximum atomic E-state index is 13.2. The molecule has 4 aliphatic heterocycles. The average Bonchev–Trinajstić information content (AvgIpc) is 3.38. The number of amides is 2.